The smallest absolute Gasteiger partial charge is 0.165 e. The number of benzene rings is 2. The van der Waals surface area contributed by atoms with Gasteiger partial charge in [-0.25, -0.2) is 8.78 Å². The molecule has 0 bridgehead atoms. The second-order valence-corrected chi connectivity index (χ2v) is 5.62. The van der Waals surface area contributed by atoms with Gasteiger partial charge in [0, 0.05) is 25.1 Å². The summed E-state index contributed by atoms with van der Waals surface area (Å²) in [5.41, 5.74) is 1.25. The molecule has 4 nitrogen and oxygen atoms in total. The molecule has 24 heavy (non-hydrogen) atoms. The zero-order chi connectivity index (χ0) is 16.9. The fraction of sp³-hybridized carbons (Fsp3) is 0.333. The predicted octanol–water partition coefficient (Wildman–Crippen LogP) is 2.95. The molecule has 1 atom stereocenters. The topological polar surface area (TPSA) is 50.7 Å². The van der Waals surface area contributed by atoms with Gasteiger partial charge in [-0.15, -0.1) is 0 Å². The highest BCUT2D eigenvalue weighted by Crippen LogP contribution is 2.33. The molecule has 0 unspecified atom stereocenters. The van der Waals surface area contributed by atoms with E-state index in [0.717, 1.165) is 24.1 Å². The Bertz CT molecular complexity index is 709. The molecular weight excluding hydrogens is 316 g/mol. The standard InChI is InChI=1S/C18H19F2NO3/c19-14-6-5-12(9-15(14)20)16(22)11-21-10-13-3-1-4-17-18(13)24-8-2-7-23-17/h1,3-6,9,16,21-22H,2,7-8,10-11H2/t16-/m1/s1. The number of hydrogen-bond acceptors (Lipinski definition) is 4. The summed E-state index contributed by atoms with van der Waals surface area (Å²) in [6.07, 6.45) is -0.101. The van der Waals surface area contributed by atoms with E-state index in [1.165, 1.54) is 6.07 Å². The van der Waals surface area contributed by atoms with Crippen LogP contribution in [0.25, 0.3) is 0 Å². The van der Waals surface area contributed by atoms with Gasteiger partial charge in [-0.05, 0) is 23.8 Å². The van der Waals surface area contributed by atoms with E-state index in [9.17, 15) is 13.9 Å². The van der Waals surface area contributed by atoms with Gasteiger partial charge < -0.3 is 19.9 Å². The van der Waals surface area contributed by atoms with Crippen LogP contribution in [0, 0.1) is 11.6 Å². The van der Waals surface area contributed by atoms with Crippen LogP contribution in [0.5, 0.6) is 11.5 Å². The molecule has 0 amide bonds. The number of nitrogens with one attached hydrogen (secondary N) is 1. The van der Waals surface area contributed by atoms with Crippen LogP contribution in [-0.4, -0.2) is 24.9 Å². The molecule has 2 aromatic carbocycles. The molecule has 0 saturated carbocycles. The number of fused-ring (bicyclic) bond motifs is 1. The summed E-state index contributed by atoms with van der Waals surface area (Å²) in [6.45, 7) is 1.89. The quantitative estimate of drug-likeness (QED) is 0.882. The van der Waals surface area contributed by atoms with Crippen molar-refractivity contribution in [2.75, 3.05) is 19.8 Å². The van der Waals surface area contributed by atoms with Gasteiger partial charge in [-0.3, -0.25) is 0 Å². The van der Waals surface area contributed by atoms with Crippen molar-refractivity contribution < 1.29 is 23.4 Å². The first-order valence-corrected chi connectivity index (χ1v) is 7.86. The molecule has 0 spiro atoms. The molecule has 0 radical (unpaired) electrons. The lowest BCUT2D eigenvalue weighted by Crippen LogP contribution is -2.21. The van der Waals surface area contributed by atoms with Gasteiger partial charge in [0.1, 0.15) is 0 Å². The maximum atomic E-state index is 13.2. The summed E-state index contributed by atoms with van der Waals surface area (Å²) in [4.78, 5) is 0. The lowest BCUT2D eigenvalue weighted by Gasteiger charge is -2.15. The Morgan fingerprint density at radius 1 is 1.08 bits per heavy atom. The molecule has 128 valence electrons. The van der Waals surface area contributed by atoms with Crippen LogP contribution in [0.15, 0.2) is 36.4 Å². The van der Waals surface area contributed by atoms with Crippen LogP contribution in [0.3, 0.4) is 0 Å². The Hall–Kier alpha value is -2.18. The summed E-state index contributed by atoms with van der Waals surface area (Å²) in [5, 5.41) is 13.2. The van der Waals surface area contributed by atoms with Crippen molar-refractivity contribution in [2.24, 2.45) is 0 Å². The molecular formula is C18H19F2NO3. The van der Waals surface area contributed by atoms with E-state index in [0.29, 0.717) is 36.8 Å². The zero-order valence-corrected chi connectivity index (χ0v) is 13.1. The molecule has 6 heteroatoms. The Kier molecular flexibility index (Phi) is 5.27. The van der Waals surface area contributed by atoms with E-state index < -0.39 is 17.7 Å². The van der Waals surface area contributed by atoms with Crippen LogP contribution in [0.1, 0.15) is 23.7 Å². The van der Waals surface area contributed by atoms with Gasteiger partial charge in [0.2, 0.25) is 0 Å². The van der Waals surface area contributed by atoms with Gasteiger partial charge in [-0.2, -0.15) is 0 Å². The Morgan fingerprint density at radius 3 is 2.75 bits per heavy atom. The Morgan fingerprint density at radius 2 is 1.92 bits per heavy atom. The maximum absolute atomic E-state index is 13.2. The molecule has 0 fully saturated rings. The molecule has 0 aliphatic carbocycles. The highest BCUT2D eigenvalue weighted by Gasteiger charge is 2.15. The maximum Gasteiger partial charge on any atom is 0.165 e. The van der Waals surface area contributed by atoms with Gasteiger partial charge in [0.25, 0.3) is 0 Å². The third kappa shape index (κ3) is 3.83. The average Bonchev–Trinajstić information content (AvgIpc) is 2.83. The molecule has 0 aromatic heterocycles. The zero-order valence-electron chi connectivity index (χ0n) is 13.1. The van der Waals surface area contributed by atoms with Crippen molar-refractivity contribution in [3.63, 3.8) is 0 Å². The van der Waals surface area contributed by atoms with E-state index in [-0.39, 0.29) is 6.54 Å². The van der Waals surface area contributed by atoms with Crippen molar-refractivity contribution in [2.45, 2.75) is 19.1 Å². The van der Waals surface area contributed by atoms with Crippen molar-refractivity contribution in [1.29, 1.82) is 0 Å². The largest absolute Gasteiger partial charge is 0.490 e. The third-order valence-corrected chi connectivity index (χ3v) is 3.83. The lowest BCUT2D eigenvalue weighted by molar-refractivity contribution is 0.173. The van der Waals surface area contributed by atoms with E-state index >= 15 is 0 Å². The predicted molar refractivity (Wildman–Crippen MR) is 85.1 cm³/mol. The molecule has 0 saturated heterocycles. The molecule has 3 rings (SSSR count). The normalized spacial score (nSPS) is 15.0. The highest BCUT2D eigenvalue weighted by atomic mass is 19.2. The second-order valence-electron chi connectivity index (χ2n) is 5.62. The first kappa shape index (κ1) is 16.7. The fourth-order valence-corrected chi connectivity index (χ4v) is 2.57. The van der Waals surface area contributed by atoms with Gasteiger partial charge in [0.05, 0.1) is 19.3 Å². The summed E-state index contributed by atoms with van der Waals surface area (Å²) in [7, 11) is 0. The fourth-order valence-electron chi connectivity index (χ4n) is 2.57. The van der Waals surface area contributed by atoms with Crippen LogP contribution in [0.2, 0.25) is 0 Å². The van der Waals surface area contributed by atoms with Crippen molar-refractivity contribution in [3.8, 4) is 11.5 Å². The number of halogens is 2. The minimum absolute atomic E-state index is 0.204. The van der Waals surface area contributed by atoms with E-state index in [1.54, 1.807) is 0 Å². The number of hydrogen-bond donors (Lipinski definition) is 2. The van der Waals surface area contributed by atoms with Gasteiger partial charge in [-0.1, -0.05) is 18.2 Å². The molecule has 1 aliphatic heterocycles. The summed E-state index contributed by atoms with van der Waals surface area (Å²) >= 11 is 0. The summed E-state index contributed by atoms with van der Waals surface area (Å²) < 4.78 is 37.5. The van der Waals surface area contributed by atoms with Crippen molar-refractivity contribution >= 4 is 0 Å². The number of aliphatic hydroxyl groups excluding tert-OH is 1. The van der Waals surface area contributed by atoms with Gasteiger partial charge in [0.15, 0.2) is 23.1 Å². The minimum Gasteiger partial charge on any atom is -0.490 e. The first-order chi connectivity index (χ1) is 11.6. The van der Waals surface area contributed by atoms with E-state index in [2.05, 4.69) is 5.32 Å². The monoisotopic (exact) mass is 335 g/mol. The number of para-hydroxylation sites is 1. The van der Waals surface area contributed by atoms with Crippen LogP contribution in [-0.2, 0) is 6.54 Å². The SMILES string of the molecule is O[C@H](CNCc1cccc2c1OCCCO2)c1ccc(F)c(F)c1. The first-order valence-electron chi connectivity index (χ1n) is 7.86. The molecule has 1 aliphatic rings. The van der Waals surface area contributed by atoms with Crippen LogP contribution in [0.4, 0.5) is 8.78 Å². The van der Waals surface area contributed by atoms with Crippen LogP contribution >= 0.6 is 0 Å². The minimum atomic E-state index is -0.967. The van der Waals surface area contributed by atoms with Crippen LogP contribution < -0.4 is 14.8 Å². The number of ether oxygens (including phenoxy) is 2. The summed E-state index contributed by atoms with van der Waals surface area (Å²) in [6, 6.07) is 9.06. The van der Waals surface area contributed by atoms with Crippen molar-refractivity contribution in [1.82, 2.24) is 5.32 Å². The summed E-state index contributed by atoms with van der Waals surface area (Å²) in [5.74, 6) is -0.466. The number of aliphatic hydroxyl groups is 1. The van der Waals surface area contributed by atoms with E-state index in [1.807, 2.05) is 18.2 Å². The number of rotatable bonds is 5. The molecule has 1 heterocycles. The molecule has 2 N–H and O–H groups in total. The average molecular weight is 335 g/mol. The molecule has 2 aromatic rings. The Labute approximate surface area is 139 Å². The Balaban J connectivity index is 1.61. The second kappa shape index (κ2) is 7.59. The lowest BCUT2D eigenvalue weighted by atomic mass is 10.1. The van der Waals surface area contributed by atoms with Crippen molar-refractivity contribution in [3.05, 3.63) is 59.2 Å². The van der Waals surface area contributed by atoms with Gasteiger partial charge >= 0.3 is 0 Å². The third-order valence-electron chi connectivity index (χ3n) is 3.83. The highest BCUT2D eigenvalue weighted by molar-refractivity contribution is 5.47. The van der Waals surface area contributed by atoms with E-state index in [4.69, 9.17) is 9.47 Å².